The standard InChI is InChI=1S/C12H28N2/c1-13-11-9-7-5-3-4-6-8-10-12-14-2/h13-14H,3-12H2,1-2H3. The van der Waals surface area contributed by atoms with E-state index in [1.807, 2.05) is 14.1 Å². The first-order valence-corrected chi connectivity index (χ1v) is 6.21. The van der Waals surface area contributed by atoms with Crippen molar-refractivity contribution in [3.8, 4) is 0 Å². The Morgan fingerprint density at radius 1 is 0.500 bits per heavy atom. The van der Waals surface area contributed by atoms with E-state index >= 15 is 0 Å². The molecule has 2 nitrogen and oxygen atoms in total. The van der Waals surface area contributed by atoms with E-state index in [0.717, 1.165) is 0 Å². The highest BCUT2D eigenvalue weighted by Crippen LogP contribution is 2.07. The van der Waals surface area contributed by atoms with Gasteiger partial charge >= 0.3 is 0 Å². The van der Waals surface area contributed by atoms with Crippen LogP contribution in [0.4, 0.5) is 0 Å². The molecule has 86 valence electrons. The molecule has 2 N–H and O–H groups in total. The van der Waals surface area contributed by atoms with Crippen LogP contribution in [0.2, 0.25) is 0 Å². The summed E-state index contributed by atoms with van der Waals surface area (Å²) in [4.78, 5) is 0. The van der Waals surface area contributed by atoms with Gasteiger partial charge < -0.3 is 10.6 Å². The molecule has 0 rings (SSSR count). The van der Waals surface area contributed by atoms with Crippen LogP contribution < -0.4 is 10.6 Å². The quantitative estimate of drug-likeness (QED) is 0.501. The van der Waals surface area contributed by atoms with E-state index < -0.39 is 0 Å². The van der Waals surface area contributed by atoms with Crippen LogP contribution in [-0.2, 0) is 0 Å². The van der Waals surface area contributed by atoms with Crippen LogP contribution >= 0.6 is 0 Å². The molecule has 0 fully saturated rings. The maximum atomic E-state index is 3.19. The lowest BCUT2D eigenvalue weighted by molar-refractivity contribution is 0.555. The van der Waals surface area contributed by atoms with E-state index in [4.69, 9.17) is 0 Å². The normalized spacial score (nSPS) is 10.7. The van der Waals surface area contributed by atoms with Gasteiger partial charge in [0.15, 0.2) is 0 Å². The van der Waals surface area contributed by atoms with Gasteiger partial charge in [0.25, 0.3) is 0 Å². The molecule has 2 heteroatoms. The Kier molecular flexibility index (Phi) is 12.8. The fourth-order valence-electron chi connectivity index (χ4n) is 1.66. The summed E-state index contributed by atoms with van der Waals surface area (Å²) >= 11 is 0. The van der Waals surface area contributed by atoms with Crippen LogP contribution in [0.15, 0.2) is 0 Å². The molecule has 0 radical (unpaired) electrons. The van der Waals surface area contributed by atoms with Gasteiger partial charge in [-0.1, -0.05) is 38.5 Å². The monoisotopic (exact) mass is 200 g/mol. The zero-order valence-electron chi connectivity index (χ0n) is 10.1. The van der Waals surface area contributed by atoms with Gasteiger partial charge in [-0.15, -0.1) is 0 Å². The number of hydrogen-bond acceptors (Lipinski definition) is 2. The number of hydrogen-bond donors (Lipinski definition) is 2. The molecular weight excluding hydrogens is 172 g/mol. The fraction of sp³-hybridized carbons (Fsp3) is 1.00. The summed E-state index contributed by atoms with van der Waals surface area (Å²) in [5.41, 5.74) is 0. The van der Waals surface area contributed by atoms with Crippen molar-refractivity contribution >= 4 is 0 Å². The maximum absolute atomic E-state index is 3.19. The predicted octanol–water partition coefficient (Wildman–Crippen LogP) is 2.55. The molecule has 0 amide bonds. The van der Waals surface area contributed by atoms with Crippen LogP contribution in [0.5, 0.6) is 0 Å². The van der Waals surface area contributed by atoms with Crippen molar-refractivity contribution in [1.82, 2.24) is 10.6 Å². The second-order valence-corrected chi connectivity index (χ2v) is 4.04. The van der Waals surface area contributed by atoms with Crippen LogP contribution in [0.1, 0.15) is 51.4 Å². The molecular formula is C12H28N2. The van der Waals surface area contributed by atoms with Gasteiger partial charge in [0, 0.05) is 0 Å². The second kappa shape index (κ2) is 12.9. The van der Waals surface area contributed by atoms with Gasteiger partial charge in [-0.25, -0.2) is 0 Å². The average Bonchev–Trinajstić information content (AvgIpc) is 2.21. The minimum atomic E-state index is 1.18. The zero-order valence-corrected chi connectivity index (χ0v) is 10.1. The highest BCUT2D eigenvalue weighted by molar-refractivity contribution is 4.48. The number of rotatable bonds is 11. The van der Waals surface area contributed by atoms with E-state index in [1.54, 1.807) is 0 Å². The summed E-state index contributed by atoms with van der Waals surface area (Å²) in [7, 11) is 4.06. The van der Waals surface area contributed by atoms with Gasteiger partial charge in [0.05, 0.1) is 0 Å². The Labute approximate surface area is 89.9 Å². The Morgan fingerprint density at radius 2 is 0.786 bits per heavy atom. The minimum absolute atomic E-state index is 1.18. The molecule has 0 atom stereocenters. The van der Waals surface area contributed by atoms with Crippen LogP contribution in [-0.4, -0.2) is 27.2 Å². The summed E-state index contributed by atoms with van der Waals surface area (Å²) in [6, 6.07) is 0. The van der Waals surface area contributed by atoms with E-state index in [1.165, 1.54) is 64.5 Å². The highest BCUT2D eigenvalue weighted by Gasteiger charge is 1.91. The Hall–Kier alpha value is -0.0800. The third-order valence-corrected chi connectivity index (χ3v) is 2.60. The minimum Gasteiger partial charge on any atom is -0.320 e. The average molecular weight is 200 g/mol. The number of nitrogens with one attached hydrogen (secondary N) is 2. The third-order valence-electron chi connectivity index (χ3n) is 2.60. The maximum Gasteiger partial charge on any atom is -0.00519 e. The Balaban J connectivity index is 2.78. The fourth-order valence-corrected chi connectivity index (χ4v) is 1.66. The molecule has 0 aliphatic carbocycles. The molecule has 0 aliphatic heterocycles. The molecule has 0 spiro atoms. The first-order valence-electron chi connectivity index (χ1n) is 6.21. The van der Waals surface area contributed by atoms with E-state index in [9.17, 15) is 0 Å². The van der Waals surface area contributed by atoms with Gasteiger partial charge in [0.2, 0.25) is 0 Å². The molecule has 0 saturated carbocycles. The van der Waals surface area contributed by atoms with E-state index in [2.05, 4.69) is 10.6 Å². The third kappa shape index (κ3) is 11.9. The van der Waals surface area contributed by atoms with Gasteiger partial charge in [-0.05, 0) is 40.0 Å². The molecule has 14 heavy (non-hydrogen) atoms. The summed E-state index contributed by atoms with van der Waals surface area (Å²) in [5, 5.41) is 6.37. The summed E-state index contributed by atoms with van der Waals surface area (Å²) in [6.45, 7) is 2.37. The highest BCUT2D eigenvalue weighted by atomic mass is 14.8. The Morgan fingerprint density at radius 3 is 1.07 bits per heavy atom. The van der Waals surface area contributed by atoms with Crippen LogP contribution in [0.3, 0.4) is 0 Å². The van der Waals surface area contributed by atoms with Crippen LogP contribution in [0, 0.1) is 0 Å². The molecule has 0 aromatic carbocycles. The van der Waals surface area contributed by atoms with Crippen molar-refractivity contribution in [3.05, 3.63) is 0 Å². The Bertz CT molecular complexity index is 82.3. The topological polar surface area (TPSA) is 24.1 Å². The van der Waals surface area contributed by atoms with Crippen molar-refractivity contribution in [2.75, 3.05) is 27.2 Å². The zero-order chi connectivity index (χ0) is 10.5. The summed E-state index contributed by atoms with van der Waals surface area (Å²) in [6.07, 6.45) is 11.2. The first-order chi connectivity index (χ1) is 6.91. The lowest BCUT2D eigenvalue weighted by Gasteiger charge is -2.02. The lowest BCUT2D eigenvalue weighted by Crippen LogP contribution is -2.07. The number of unbranched alkanes of at least 4 members (excludes halogenated alkanes) is 7. The van der Waals surface area contributed by atoms with Crippen molar-refractivity contribution in [2.45, 2.75) is 51.4 Å². The second-order valence-electron chi connectivity index (χ2n) is 4.04. The lowest BCUT2D eigenvalue weighted by atomic mass is 10.1. The molecule has 0 heterocycles. The van der Waals surface area contributed by atoms with Crippen LogP contribution in [0.25, 0.3) is 0 Å². The summed E-state index contributed by atoms with van der Waals surface area (Å²) < 4.78 is 0. The first kappa shape index (κ1) is 13.9. The SMILES string of the molecule is CNCCCCCCCCCCNC. The van der Waals surface area contributed by atoms with Crippen molar-refractivity contribution in [3.63, 3.8) is 0 Å². The van der Waals surface area contributed by atoms with Crippen molar-refractivity contribution in [1.29, 1.82) is 0 Å². The molecule has 0 unspecified atom stereocenters. The predicted molar refractivity (Wildman–Crippen MR) is 64.8 cm³/mol. The smallest absolute Gasteiger partial charge is 0.00519 e. The molecule has 0 aromatic rings. The van der Waals surface area contributed by atoms with Gasteiger partial charge in [0.1, 0.15) is 0 Å². The summed E-state index contributed by atoms with van der Waals surface area (Å²) in [5.74, 6) is 0. The molecule has 0 aromatic heterocycles. The largest absolute Gasteiger partial charge is 0.320 e. The van der Waals surface area contributed by atoms with E-state index in [0.29, 0.717) is 0 Å². The van der Waals surface area contributed by atoms with Gasteiger partial charge in [-0.3, -0.25) is 0 Å². The van der Waals surface area contributed by atoms with Crippen molar-refractivity contribution in [2.24, 2.45) is 0 Å². The molecule has 0 bridgehead atoms. The van der Waals surface area contributed by atoms with Crippen molar-refractivity contribution < 1.29 is 0 Å². The van der Waals surface area contributed by atoms with E-state index in [-0.39, 0.29) is 0 Å². The molecule has 0 aliphatic rings. The molecule has 0 saturated heterocycles. The van der Waals surface area contributed by atoms with Gasteiger partial charge in [-0.2, -0.15) is 0 Å².